The van der Waals surface area contributed by atoms with Gasteiger partial charge in [-0.15, -0.1) is 4.47 Å². The average molecular weight is 320 g/mol. The van der Waals surface area contributed by atoms with E-state index in [2.05, 4.69) is 20.2 Å². The van der Waals surface area contributed by atoms with Crippen LogP contribution in [0, 0.1) is 6.92 Å². The first-order chi connectivity index (χ1) is 10.5. The lowest BCUT2D eigenvalue weighted by molar-refractivity contribution is -0.123. The van der Waals surface area contributed by atoms with Gasteiger partial charge in [-0.2, -0.15) is 5.10 Å². The Kier molecular flexibility index (Phi) is 5.43. The van der Waals surface area contributed by atoms with Crippen LogP contribution in [0.2, 0.25) is 0 Å². The van der Waals surface area contributed by atoms with E-state index in [4.69, 9.17) is 0 Å². The third kappa shape index (κ3) is 4.49. The van der Waals surface area contributed by atoms with E-state index in [1.54, 1.807) is 0 Å². The summed E-state index contributed by atoms with van der Waals surface area (Å²) in [5.74, 6) is 0.142. The van der Waals surface area contributed by atoms with Gasteiger partial charge in [0, 0.05) is 17.8 Å². The molecule has 0 aromatic heterocycles. The Hall–Kier alpha value is -2.02. The predicted molar refractivity (Wildman–Crippen MR) is 89.8 cm³/mol. The van der Waals surface area contributed by atoms with E-state index in [1.165, 1.54) is 0 Å². The fraction of sp³-hybridized carbons (Fsp3) is 0.400. The van der Waals surface area contributed by atoms with Crippen molar-refractivity contribution in [3.8, 4) is 0 Å². The normalized spacial score (nSPS) is 20.6. The fourth-order valence-electron chi connectivity index (χ4n) is 1.91. The molecule has 0 spiro atoms. The van der Waals surface area contributed by atoms with Crippen molar-refractivity contribution in [2.75, 3.05) is 11.2 Å². The van der Waals surface area contributed by atoms with Crippen molar-refractivity contribution in [3.05, 3.63) is 29.8 Å². The van der Waals surface area contributed by atoms with Gasteiger partial charge in [0.05, 0.1) is 5.88 Å². The molecule has 2 N–H and O–H groups in total. The van der Waals surface area contributed by atoms with E-state index < -0.39 is 15.9 Å². The molecule has 7 heteroatoms. The highest BCUT2D eigenvalue weighted by molar-refractivity contribution is 7.89. The van der Waals surface area contributed by atoms with Gasteiger partial charge in [0.2, 0.25) is 11.8 Å². The van der Waals surface area contributed by atoms with E-state index in [0.29, 0.717) is 5.88 Å². The highest BCUT2D eigenvalue weighted by Crippen LogP contribution is 2.15. The molecule has 2 amide bonds. The van der Waals surface area contributed by atoms with Crippen LogP contribution in [0.3, 0.4) is 0 Å². The number of benzene rings is 1. The van der Waals surface area contributed by atoms with E-state index in [1.807, 2.05) is 45.0 Å². The zero-order valence-electron chi connectivity index (χ0n) is 12.9. The van der Waals surface area contributed by atoms with Crippen LogP contribution in [0.25, 0.3) is 0 Å². The van der Waals surface area contributed by atoms with Gasteiger partial charge in [-0.1, -0.05) is 17.7 Å². The number of aryl methyl sites for hydroxylation is 1. The second-order valence-electron chi connectivity index (χ2n) is 5.32. The molecule has 1 aliphatic heterocycles. The Balaban J connectivity index is 2.02. The van der Waals surface area contributed by atoms with Gasteiger partial charge in [-0.25, -0.2) is 0 Å². The number of hydrogen-bond acceptors (Lipinski definition) is 3. The zero-order valence-corrected chi connectivity index (χ0v) is 13.7. The standard InChI is InChI=1S/C15H20N4O2S/c1-10(2)18-19-22-9-16-15(21)13(22)8-14(20)17-12-6-4-11(3)5-7-12/h4-7,13H,8-9H2,1-3H3,(H,16,21)(H,17,20). The second-order valence-corrected chi connectivity index (χ2v) is 7.15. The molecular formula is C15H20N4O2S. The summed E-state index contributed by atoms with van der Waals surface area (Å²) in [6.07, 6.45) is 0.116. The van der Waals surface area contributed by atoms with Gasteiger partial charge in [-0.3, -0.25) is 9.59 Å². The molecule has 1 aromatic carbocycles. The summed E-state index contributed by atoms with van der Waals surface area (Å²) in [5, 5.41) is 9.15. The Morgan fingerprint density at radius 3 is 2.68 bits per heavy atom. The largest absolute Gasteiger partial charge is 0.345 e. The summed E-state index contributed by atoms with van der Waals surface area (Å²) >= 11 is 0. The number of carbonyl (C=O) groups is 2. The summed E-state index contributed by atoms with van der Waals surface area (Å²) in [5.41, 5.74) is 2.68. The molecular weight excluding hydrogens is 300 g/mol. The van der Waals surface area contributed by atoms with Crippen LogP contribution >= 0.6 is 0 Å². The lowest BCUT2D eigenvalue weighted by Gasteiger charge is -2.09. The van der Waals surface area contributed by atoms with Crippen molar-refractivity contribution < 1.29 is 9.59 Å². The molecule has 1 saturated heterocycles. The molecule has 1 heterocycles. The Morgan fingerprint density at radius 2 is 2.05 bits per heavy atom. The number of anilines is 1. The summed E-state index contributed by atoms with van der Waals surface area (Å²) < 4.78 is 4.18. The summed E-state index contributed by atoms with van der Waals surface area (Å²) in [7, 11) is -0.582. The van der Waals surface area contributed by atoms with Crippen LogP contribution in [0.15, 0.2) is 33.8 Å². The molecule has 0 saturated carbocycles. The SMILES string of the molecule is CC(C)=N/N=S1\CNC(=O)C1CC(=O)Nc1ccc(C)cc1. The first kappa shape index (κ1) is 16.4. The molecule has 0 radical (unpaired) electrons. The topological polar surface area (TPSA) is 82.9 Å². The highest BCUT2D eigenvalue weighted by atomic mass is 32.2. The number of hydrogen-bond donors (Lipinski definition) is 2. The molecule has 2 unspecified atom stereocenters. The van der Waals surface area contributed by atoms with Crippen LogP contribution < -0.4 is 10.6 Å². The van der Waals surface area contributed by atoms with Crippen molar-refractivity contribution in [1.29, 1.82) is 0 Å². The van der Waals surface area contributed by atoms with Crippen molar-refractivity contribution in [1.82, 2.24) is 5.32 Å². The van der Waals surface area contributed by atoms with Crippen LogP contribution in [-0.4, -0.2) is 28.7 Å². The molecule has 1 aliphatic rings. The minimum Gasteiger partial charge on any atom is -0.345 e. The van der Waals surface area contributed by atoms with Gasteiger partial charge < -0.3 is 10.6 Å². The van der Waals surface area contributed by atoms with Crippen LogP contribution in [-0.2, 0) is 20.3 Å². The van der Waals surface area contributed by atoms with Crippen molar-refractivity contribution >= 4 is 33.9 Å². The first-order valence-corrected chi connectivity index (χ1v) is 8.43. The monoisotopic (exact) mass is 320 g/mol. The maximum Gasteiger partial charge on any atom is 0.235 e. The lowest BCUT2D eigenvalue weighted by Crippen LogP contribution is -2.28. The molecule has 1 fully saturated rings. The number of rotatable bonds is 4. The van der Waals surface area contributed by atoms with E-state index >= 15 is 0 Å². The maximum atomic E-state index is 12.1. The summed E-state index contributed by atoms with van der Waals surface area (Å²) in [6.45, 7) is 5.67. The molecule has 0 aliphatic carbocycles. The predicted octanol–water partition coefficient (Wildman–Crippen LogP) is 1.98. The van der Waals surface area contributed by atoms with E-state index in [9.17, 15) is 9.59 Å². The number of nitrogens with one attached hydrogen (secondary N) is 2. The number of carbonyl (C=O) groups excluding carboxylic acids is 2. The molecule has 2 atom stereocenters. The average Bonchev–Trinajstić information content (AvgIpc) is 2.80. The van der Waals surface area contributed by atoms with Crippen LogP contribution in [0.5, 0.6) is 0 Å². The molecule has 22 heavy (non-hydrogen) atoms. The molecule has 118 valence electrons. The van der Waals surface area contributed by atoms with E-state index in [-0.39, 0.29) is 18.2 Å². The Bertz CT molecular complexity index is 633. The molecule has 2 rings (SSSR count). The third-order valence-electron chi connectivity index (χ3n) is 3.07. The summed E-state index contributed by atoms with van der Waals surface area (Å²) in [4.78, 5) is 24.0. The van der Waals surface area contributed by atoms with Crippen LogP contribution in [0.4, 0.5) is 5.69 Å². The number of amides is 2. The van der Waals surface area contributed by atoms with Gasteiger partial charge >= 0.3 is 0 Å². The molecule has 0 bridgehead atoms. The van der Waals surface area contributed by atoms with Gasteiger partial charge in [0.25, 0.3) is 0 Å². The minimum atomic E-state index is -0.582. The highest BCUT2D eigenvalue weighted by Gasteiger charge is 2.32. The van der Waals surface area contributed by atoms with Crippen molar-refractivity contribution in [3.63, 3.8) is 0 Å². The van der Waals surface area contributed by atoms with Crippen molar-refractivity contribution in [2.24, 2.45) is 9.57 Å². The van der Waals surface area contributed by atoms with Gasteiger partial charge in [0.15, 0.2) is 0 Å². The van der Waals surface area contributed by atoms with Gasteiger partial charge in [0.1, 0.15) is 5.25 Å². The van der Waals surface area contributed by atoms with Gasteiger partial charge in [-0.05, 0) is 43.6 Å². The number of nitrogens with zero attached hydrogens (tertiary/aromatic N) is 2. The molecule has 6 nitrogen and oxygen atoms in total. The quantitative estimate of drug-likeness (QED) is 0.657. The lowest BCUT2D eigenvalue weighted by atomic mass is 10.2. The maximum absolute atomic E-state index is 12.1. The van der Waals surface area contributed by atoms with Crippen molar-refractivity contribution in [2.45, 2.75) is 32.4 Å². The summed E-state index contributed by atoms with van der Waals surface area (Å²) in [6, 6.07) is 7.54. The Labute approximate surface area is 132 Å². The second kappa shape index (κ2) is 7.31. The minimum absolute atomic E-state index is 0.116. The fourth-order valence-corrected chi connectivity index (χ4v) is 3.51. The Morgan fingerprint density at radius 1 is 1.36 bits per heavy atom. The first-order valence-electron chi connectivity index (χ1n) is 7.01. The van der Waals surface area contributed by atoms with E-state index in [0.717, 1.165) is 17.0 Å². The van der Waals surface area contributed by atoms with Crippen LogP contribution in [0.1, 0.15) is 25.8 Å². The smallest absolute Gasteiger partial charge is 0.235 e. The molecule has 1 aromatic rings. The zero-order chi connectivity index (χ0) is 16.1. The third-order valence-corrected chi connectivity index (χ3v) is 4.84.